The van der Waals surface area contributed by atoms with E-state index >= 15 is 0 Å². The zero-order valence-electron chi connectivity index (χ0n) is 20.5. The van der Waals surface area contributed by atoms with Gasteiger partial charge in [0, 0.05) is 76.0 Å². The van der Waals surface area contributed by atoms with Crippen molar-refractivity contribution in [2.24, 2.45) is 34.5 Å². The van der Waals surface area contributed by atoms with E-state index in [1.165, 1.54) is 7.11 Å². The lowest BCUT2D eigenvalue weighted by molar-refractivity contribution is -0.319. The minimum absolute atomic E-state index is 0.153. The fraction of sp³-hybridized carbons (Fsp3) is 1.00. The number of piperidine rings is 1. The van der Waals surface area contributed by atoms with Crippen LogP contribution in [0.25, 0.3) is 0 Å². The molecule has 1 saturated heterocycles. The molecule has 1 heterocycles. The molecule has 7 bridgehead atoms. The third-order valence-electron chi connectivity index (χ3n) is 11.4. The summed E-state index contributed by atoms with van der Waals surface area (Å²) < 4.78 is 23.6. The molecular formula is C24H39NO9. The number of aliphatic hydroxyl groups is 5. The molecule has 0 aromatic heterocycles. The van der Waals surface area contributed by atoms with Crippen LogP contribution in [0.4, 0.5) is 0 Å². The zero-order chi connectivity index (χ0) is 24.6. The number of ether oxygens (including phenoxy) is 4. The van der Waals surface area contributed by atoms with Crippen LogP contribution >= 0.6 is 0 Å². The van der Waals surface area contributed by atoms with Crippen molar-refractivity contribution in [3.05, 3.63) is 0 Å². The van der Waals surface area contributed by atoms with Crippen LogP contribution in [0.3, 0.4) is 0 Å². The van der Waals surface area contributed by atoms with E-state index in [4.69, 9.17) is 18.9 Å². The summed E-state index contributed by atoms with van der Waals surface area (Å²) in [5, 5.41) is 58.9. The van der Waals surface area contributed by atoms with Gasteiger partial charge in [-0.25, -0.2) is 0 Å². The third-order valence-corrected chi connectivity index (χ3v) is 11.4. The van der Waals surface area contributed by atoms with Crippen molar-refractivity contribution in [2.75, 3.05) is 48.6 Å². The van der Waals surface area contributed by atoms with Gasteiger partial charge in [-0.1, -0.05) is 0 Å². The number of likely N-dealkylation sites (tertiary alicyclic amines) is 1. The van der Waals surface area contributed by atoms with Crippen molar-refractivity contribution >= 4 is 0 Å². The summed E-state index contributed by atoms with van der Waals surface area (Å²) >= 11 is 0. The summed E-state index contributed by atoms with van der Waals surface area (Å²) in [7, 11) is 8.24. The Labute approximate surface area is 199 Å². The summed E-state index contributed by atoms with van der Waals surface area (Å²) in [4.78, 5) is 2.17. The van der Waals surface area contributed by atoms with Gasteiger partial charge in [-0.05, 0) is 19.4 Å². The number of nitrogens with zero attached hydrogens (tertiary/aromatic N) is 1. The number of methoxy groups -OCH3 is 4. The summed E-state index contributed by atoms with van der Waals surface area (Å²) in [5.74, 6) is -2.05. The predicted octanol–water partition coefficient (Wildman–Crippen LogP) is -2.18. The quantitative estimate of drug-likeness (QED) is 0.292. The molecule has 194 valence electrons. The van der Waals surface area contributed by atoms with Crippen LogP contribution < -0.4 is 0 Å². The van der Waals surface area contributed by atoms with Gasteiger partial charge in [-0.2, -0.15) is 0 Å². The Morgan fingerprint density at radius 2 is 1.65 bits per heavy atom. The fourth-order valence-electron chi connectivity index (χ4n) is 10.9. The van der Waals surface area contributed by atoms with Gasteiger partial charge in [-0.3, -0.25) is 0 Å². The Bertz CT molecular complexity index is 862. The highest BCUT2D eigenvalue weighted by molar-refractivity contribution is 5.39. The molecular weight excluding hydrogens is 446 g/mol. The molecule has 10 heteroatoms. The molecule has 6 fully saturated rings. The topological polar surface area (TPSA) is 141 Å². The van der Waals surface area contributed by atoms with E-state index in [2.05, 4.69) is 4.90 Å². The maximum Gasteiger partial charge on any atom is 0.120 e. The van der Waals surface area contributed by atoms with E-state index in [9.17, 15) is 25.5 Å². The molecule has 0 aromatic rings. The van der Waals surface area contributed by atoms with Crippen LogP contribution in [-0.4, -0.2) is 133 Å². The fourth-order valence-corrected chi connectivity index (χ4v) is 10.9. The second kappa shape index (κ2) is 7.12. The maximum absolute atomic E-state index is 12.5. The molecule has 5 N–H and O–H groups in total. The Morgan fingerprint density at radius 1 is 0.941 bits per heavy atom. The first-order valence-electron chi connectivity index (χ1n) is 12.3. The number of hydrogen-bond donors (Lipinski definition) is 5. The number of rotatable bonds is 5. The van der Waals surface area contributed by atoms with E-state index in [0.29, 0.717) is 19.6 Å². The van der Waals surface area contributed by atoms with E-state index < -0.39 is 76.4 Å². The number of hydrogen-bond acceptors (Lipinski definition) is 10. The minimum Gasteiger partial charge on any atom is -0.392 e. The largest absolute Gasteiger partial charge is 0.392 e. The highest BCUT2D eigenvalue weighted by atomic mass is 16.5. The minimum atomic E-state index is -1.76. The second-order valence-corrected chi connectivity index (χ2v) is 12.0. The van der Waals surface area contributed by atoms with Gasteiger partial charge in [0.05, 0.1) is 31.0 Å². The molecule has 1 spiro atoms. The van der Waals surface area contributed by atoms with Gasteiger partial charge in [-0.15, -0.1) is 0 Å². The molecule has 0 aromatic carbocycles. The zero-order valence-corrected chi connectivity index (χ0v) is 20.5. The lowest BCUT2D eigenvalue weighted by Crippen LogP contribution is -2.80. The smallest absolute Gasteiger partial charge is 0.120 e. The highest BCUT2D eigenvalue weighted by Gasteiger charge is 2.90. The van der Waals surface area contributed by atoms with Crippen molar-refractivity contribution in [3.63, 3.8) is 0 Å². The molecule has 34 heavy (non-hydrogen) atoms. The van der Waals surface area contributed by atoms with Crippen LogP contribution in [0.1, 0.15) is 12.8 Å². The number of fused-ring (bicyclic) bond motifs is 2. The monoisotopic (exact) mass is 485 g/mol. The Morgan fingerprint density at radius 3 is 2.24 bits per heavy atom. The van der Waals surface area contributed by atoms with E-state index in [1.54, 1.807) is 21.3 Å². The molecule has 5 saturated carbocycles. The standard InChI is InChI=1S/C24H39NO9/c1-25-8-21(9-31-2)11(26)6-12(32-3)23-10-7-22(29)18(27)13(10)24(30,19(28)20(22)34-5)14(17(23)25)15(33-4)16(21)23/h10-20,26-30H,6-9H2,1-5H3/t10-,11?,12+,13-,14+,15+,16-,17-,18-,19+,20+,21+,22+,23+,24-/m1/s1. The molecule has 15 atom stereocenters. The summed E-state index contributed by atoms with van der Waals surface area (Å²) in [6, 6.07) is -0.254. The first-order chi connectivity index (χ1) is 16.1. The first kappa shape index (κ1) is 24.0. The maximum atomic E-state index is 12.5. The summed E-state index contributed by atoms with van der Waals surface area (Å²) in [6.07, 6.45) is -4.96. The number of aliphatic hydroxyl groups excluding tert-OH is 3. The van der Waals surface area contributed by atoms with Crippen LogP contribution in [0.15, 0.2) is 0 Å². The van der Waals surface area contributed by atoms with Crippen LogP contribution in [-0.2, 0) is 18.9 Å². The van der Waals surface area contributed by atoms with Crippen molar-refractivity contribution in [1.82, 2.24) is 4.90 Å². The molecule has 5 aliphatic carbocycles. The lowest BCUT2D eigenvalue weighted by Gasteiger charge is -2.69. The van der Waals surface area contributed by atoms with Gasteiger partial charge in [0.2, 0.25) is 0 Å². The highest BCUT2D eigenvalue weighted by Crippen LogP contribution is 2.79. The Balaban J connectivity index is 1.67. The normalized spacial score (nSPS) is 63.9. The molecule has 1 aliphatic heterocycles. The average molecular weight is 486 g/mol. The van der Waals surface area contributed by atoms with Gasteiger partial charge in [0.15, 0.2) is 0 Å². The lowest BCUT2D eigenvalue weighted by atomic mass is 9.42. The molecule has 1 unspecified atom stereocenters. The molecule has 0 amide bonds. The van der Waals surface area contributed by atoms with Gasteiger partial charge in [0.1, 0.15) is 23.4 Å². The van der Waals surface area contributed by atoms with Crippen molar-refractivity contribution < 1.29 is 44.5 Å². The van der Waals surface area contributed by atoms with Crippen LogP contribution in [0.2, 0.25) is 0 Å². The predicted molar refractivity (Wildman–Crippen MR) is 117 cm³/mol. The third kappa shape index (κ3) is 2.14. The average Bonchev–Trinajstić information content (AvgIpc) is 3.17. The van der Waals surface area contributed by atoms with E-state index in [0.717, 1.165) is 0 Å². The van der Waals surface area contributed by atoms with E-state index in [-0.39, 0.29) is 18.4 Å². The second-order valence-electron chi connectivity index (χ2n) is 12.0. The van der Waals surface area contributed by atoms with Crippen molar-refractivity contribution in [3.8, 4) is 0 Å². The SMILES string of the molecule is COC[C@]12CN(C)[C@@H]3[C@@H]4[C@H](OC)[C@H]1[C@@]3([C@@H](OC)CC2O)[C@@H]1C[C@]2(O)[C@H](O)[C@@H]1[C@]4(O)[C@@H](O)[C@@H]2OC. The van der Waals surface area contributed by atoms with Gasteiger partial charge < -0.3 is 49.4 Å². The first-order valence-corrected chi connectivity index (χ1v) is 12.3. The molecule has 6 aliphatic rings. The van der Waals surface area contributed by atoms with Crippen molar-refractivity contribution in [1.29, 1.82) is 0 Å². The van der Waals surface area contributed by atoms with Crippen LogP contribution in [0, 0.1) is 34.5 Å². The summed E-state index contributed by atoms with van der Waals surface area (Å²) in [6.45, 7) is 0.836. The molecule has 6 rings (SSSR count). The van der Waals surface area contributed by atoms with E-state index in [1.807, 2.05) is 7.05 Å². The van der Waals surface area contributed by atoms with Gasteiger partial charge >= 0.3 is 0 Å². The van der Waals surface area contributed by atoms with Crippen molar-refractivity contribution in [2.45, 2.75) is 66.7 Å². The molecule has 10 nitrogen and oxygen atoms in total. The Hall–Kier alpha value is -0.400. The summed E-state index contributed by atoms with van der Waals surface area (Å²) in [5.41, 5.74) is -4.81. The Kier molecular flexibility index (Phi) is 5.02. The van der Waals surface area contributed by atoms with Crippen LogP contribution in [0.5, 0.6) is 0 Å². The van der Waals surface area contributed by atoms with Gasteiger partial charge in [0.25, 0.3) is 0 Å². The molecule has 0 radical (unpaired) electrons.